The number of hydrogen-bond donors (Lipinski definition) is 2. The highest BCUT2D eigenvalue weighted by molar-refractivity contribution is 14.0. The van der Waals surface area contributed by atoms with E-state index in [2.05, 4.69) is 69.2 Å². The number of nitrogens with one attached hydrogen (secondary N) is 2. The molecular weight excluding hydrogens is 379 g/mol. The lowest BCUT2D eigenvalue weighted by atomic mass is 9.89. The van der Waals surface area contributed by atoms with E-state index in [0.717, 1.165) is 19.0 Å². The van der Waals surface area contributed by atoms with E-state index in [9.17, 15) is 0 Å². The first-order valence-corrected chi connectivity index (χ1v) is 7.19. The average molecular weight is 414 g/mol. The van der Waals surface area contributed by atoms with E-state index in [1.165, 1.54) is 0 Å². The number of rotatable bonds is 6. The van der Waals surface area contributed by atoms with Crippen LogP contribution in [0.1, 0.15) is 34.6 Å². The summed E-state index contributed by atoms with van der Waals surface area (Å²) >= 11 is 0. The third-order valence-electron chi connectivity index (χ3n) is 3.83. The van der Waals surface area contributed by atoms with Crippen LogP contribution >= 0.6 is 24.0 Å². The Morgan fingerprint density at radius 1 is 1.14 bits per heavy atom. The minimum atomic E-state index is 0. The number of ether oxygens (including phenoxy) is 1. The van der Waals surface area contributed by atoms with Crippen molar-refractivity contribution in [3.63, 3.8) is 0 Å². The van der Waals surface area contributed by atoms with Gasteiger partial charge in [0.05, 0.1) is 6.10 Å². The minimum Gasteiger partial charge on any atom is -0.379 e. The van der Waals surface area contributed by atoms with Gasteiger partial charge in [-0.05, 0) is 33.4 Å². The molecule has 0 heterocycles. The third kappa shape index (κ3) is 8.83. The zero-order valence-electron chi connectivity index (χ0n) is 15.2. The molecule has 0 saturated carbocycles. The van der Waals surface area contributed by atoms with Crippen molar-refractivity contribution in [2.75, 3.05) is 41.3 Å². The van der Waals surface area contributed by atoms with Crippen LogP contribution in [0.5, 0.6) is 0 Å². The number of methoxy groups -OCH3 is 1. The SMILES string of the molecule is CN=C(NCC(OC)C(C)(C)C)NCC(C)(C)N(C)C.I. The van der Waals surface area contributed by atoms with E-state index < -0.39 is 0 Å². The molecule has 0 saturated heterocycles. The Morgan fingerprint density at radius 2 is 1.67 bits per heavy atom. The van der Waals surface area contributed by atoms with E-state index in [0.29, 0.717) is 0 Å². The molecule has 0 aliphatic heterocycles. The molecule has 0 aliphatic rings. The molecule has 0 rings (SSSR count). The fourth-order valence-corrected chi connectivity index (χ4v) is 1.61. The topological polar surface area (TPSA) is 48.9 Å². The van der Waals surface area contributed by atoms with Gasteiger partial charge in [0, 0.05) is 32.8 Å². The van der Waals surface area contributed by atoms with Crippen molar-refractivity contribution < 1.29 is 4.74 Å². The van der Waals surface area contributed by atoms with E-state index in [1.54, 1.807) is 14.2 Å². The maximum absolute atomic E-state index is 5.54. The van der Waals surface area contributed by atoms with Crippen molar-refractivity contribution in [3.05, 3.63) is 0 Å². The van der Waals surface area contributed by atoms with Crippen molar-refractivity contribution in [1.82, 2.24) is 15.5 Å². The molecule has 0 aromatic carbocycles. The Bertz CT molecular complexity index is 311. The standard InChI is InChI=1S/C15H34N4O.HI/c1-14(2,3)12(20-9)10-17-13(16-6)18-11-15(4,5)19(7)8;/h12H,10-11H2,1-9H3,(H2,16,17,18);1H. The van der Waals surface area contributed by atoms with Gasteiger partial charge in [0.15, 0.2) is 5.96 Å². The Kier molecular flexibility index (Phi) is 10.9. The molecule has 0 aromatic heterocycles. The monoisotopic (exact) mass is 414 g/mol. The molecule has 0 spiro atoms. The second-order valence-electron chi connectivity index (χ2n) is 7.10. The first-order chi connectivity index (χ1) is 9.04. The molecule has 0 bridgehead atoms. The van der Waals surface area contributed by atoms with Crippen LogP contribution in [0.2, 0.25) is 0 Å². The largest absolute Gasteiger partial charge is 0.379 e. The van der Waals surface area contributed by atoms with Crippen LogP contribution in [0, 0.1) is 5.41 Å². The molecule has 21 heavy (non-hydrogen) atoms. The van der Waals surface area contributed by atoms with Gasteiger partial charge < -0.3 is 20.3 Å². The summed E-state index contributed by atoms with van der Waals surface area (Å²) in [5.74, 6) is 0.811. The number of hydrogen-bond acceptors (Lipinski definition) is 3. The fraction of sp³-hybridized carbons (Fsp3) is 0.933. The van der Waals surface area contributed by atoms with E-state index in [-0.39, 0.29) is 41.0 Å². The van der Waals surface area contributed by atoms with Gasteiger partial charge in [-0.1, -0.05) is 20.8 Å². The number of aliphatic imine (C=N–C) groups is 1. The Morgan fingerprint density at radius 3 is 2.00 bits per heavy atom. The summed E-state index contributed by atoms with van der Waals surface area (Å²) in [5.41, 5.74) is 0.172. The van der Waals surface area contributed by atoms with Crippen LogP contribution in [0.25, 0.3) is 0 Å². The summed E-state index contributed by atoms with van der Waals surface area (Å²) in [5, 5.41) is 6.70. The van der Waals surface area contributed by atoms with Crippen LogP contribution in [0.4, 0.5) is 0 Å². The predicted octanol–water partition coefficient (Wildman–Crippen LogP) is 2.17. The molecule has 128 valence electrons. The van der Waals surface area contributed by atoms with Gasteiger partial charge >= 0.3 is 0 Å². The Labute approximate surface area is 148 Å². The number of halogens is 1. The average Bonchev–Trinajstić information content (AvgIpc) is 2.31. The molecule has 0 fully saturated rings. The zero-order chi connectivity index (χ0) is 16.0. The maximum atomic E-state index is 5.54. The van der Waals surface area contributed by atoms with Crippen LogP contribution in [0.15, 0.2) is 4.99 Å². The van der Waals surface area contributed by atoms with Crippen molar-refractivity contribution in [2.24, 2.45) is 10.4 Å². The highest BCUT2D eigenvalue weighted by Crippen LogP contribution is 2.20. The van der Waals surface area contributed by atoms with Gasteiger partial charge in [-0.15, -0.1) is 24.0 Å². The van der Waals surface area contributed by atoms with Gasteiger partial charge in [0.25, 0.3) is 0 Å². The fourth-order valence-electron chi connectivity index (χ4n) is 1.61. The zero-order valence-corrected chi connectivity index (χ0v) is 17.5. The first kappa shape index (κ1) is 23.2. The molecule has 1 atom stereocenters. The van der Waals surface area contributed by atoms with E-state index in [1.807, 2.05) is 0 Å². The van der Waals surface area contributed by atoms with Crippen LogP contribution in [-0.2, 0) is 4.74 Å². The van der Waals surface area contributed by atoms with Gasteiger partial charge in [0.1, 0.15) is 0 Å². The van der Waals surface area contributed by atoms with Crippen LogP contribution in [0.3, 0.4) is 0 Å². The van der Waals surface area contributed by atoms with Crippen molar-refractivity contribution in [1.29, 1.82) is 0 Å². The van der Waals surface area contributed by atoms with E-state index in [4.69, 9.17) is 4.74 Å². The summed E-state index contributed by atoms with van der Waals surface area (Å²) in [4.78, 5) is 6.45. The van der Waals surface area contributed by atoms with E-state index >= 15 is 0 Å². The molecule has 1 unspecified atom stereocenters. The van der Waals surface area contributed by atoms with Crippen LogP contribution in [-0.4, -0.2) is 63.8 Å². The summed E-state index contributed by atoms with van der Waals surface area (Å²) in [6.45, 7) is 12.5. The molecule has 5 nitrogen and oxygen atoms in total. The van der Waals surface area contributed by atoms with Crippen LogP contribution < -0.4 is 10.6 Å². The smallest absolute Gasteiger partial charge is 0.191 e. The summed E-state index contributed by atoms with van der Waals surface area (Å²) < 4.78 is 5.54. The Hall–Kier alpha value is -0.0800. The lowest BCUT2D eigenvalue weighted by Gasteiger charge is -2.34. The normalized spacial score (nSPS) is 14.7. The highest BCUT2D eigenvalue weighted by atomic mass is 127. The Balaban J connectivity index is 0. The molecule has 0 amide bonds. The van der Waals surface area contributed by atoms with Gasteiger partial charge in [-0.3, -0.25) is 4.99 Å². The van der Waals surface area contributed by atoms with Gasteiger partial charge in [-0.2, -0.15) is 0 Å². The number of likely N-dealkylation sites (N-methyl/N-ethyl adjacent to an activating group) is 1. The van der Waals surface area contributed by atoms with Crippen molar-refractivity contribution in [3.8, 4) is 0 Å². The molecular formula is C15H35IN4O. The quantitative estimate of drug-likeness (QED) is 0.398. The number of guanidine groups is 1. The summed E-state index contributed by atoms with van der Waals surface area (Å²) in [6, 6.07) is 0. The molecule has 0 radical (unpaired) electrons. The second-order valence-corrected chi connectivity index (χ2v) is 7.10. The van der Waals surface area contributed by atoms with Gasteiger partial charge in [-0.25, -0.2) is 0 Å². The maximum Gasteiger partial charge on any atom is 0.191 e. The lowest BCUT2D eigenvalue weighted by molar-refractivity contribution is 0.0205. The summed E-state index contributed by atoms with van der Waals surface area (Å²) in [7, 11) is 7.71. The number of nitrogens with zero attached hydrogens (tertiary/aromatic N) is 2. The summed E-state index contributed by atoms with van der Waals surface area (Å²) in [6.07, 6.45) is 0.142. The molecule has 0 aromatic rings. The minimum absolute atomic E-state index is 0. The second kappa shape index (κ2) is 9.84. The first-order valence-electron chi connectivity index (χ1n) is 7.19. The van der Waals surface area contributed by atoms with Crippen molar-refractivity contribution in [2.45, 2.75) is 46.3 Å². The third-order valence-corrected chi connectivity index (χ3v) is 3.83. The van der Waals surface area contributed by atoms with Crippen molar-refractivity contribution >= 4 is 29.9 Å². The predicted molar refractivity (Wildman–Crippen MR) is 103 cm³/mol. The lowest BCUT2D eigenvalue weighted by Crippen LogP contribution is -2.52. The van der Waals surface area contributed by atoms with Gasteiger partial charge in [0.2, 0.25) is 0 Å². The molecule has 0 aliphatic carbocycles. The highest BCUT2D eigenvalue weighted by Gasteiger charge is 2.25. The molecule has 6 heteroatoms. The molecule has 2 N–H and O–H groups in total.